The molecule has 1 aromatic carbocycles. The van der Waals surface area contributed by atoms with Crippen LogP contribution < -0.4 is 9.46 Å². The number of hydrogen-bond acceptors (Lipinski definition) is 6. The minimum absolute atomic E-state index is 0.0518. The molecule has 1 aliphatic rings. The van der Waals surface area contributed by atoms with E-state index < -0.39 is 22.0 Å². The standard InChI is InChI=1S/C22H30N2O6S/c1-2-3-14-31(28,29)24-21(22(26)27)15-17-7-9-20(10-8-17)30-13-5-4-6-18-16-19(25)11-12-23-18/h7-12,21,24H,2-6,13-16H2,1H3,(H,26,27)/t21-/m0/s1. The number of carbonyl (C=O) groups is 2. The molecule has 0 saturated carbocycles. The Balaban J connectivity index is 1.77. The van der Waals surface area contributed by atoms with Crippen LogP contribution in [0.1, 0.15) is 51.0 Å². The second kappa shape index (κ2) is 12.4. The lowest BCUT2D eigenvalue weighted by Gasteiger charge is -2.15. The maximum absolute atomic E-state index is 12.0. The number of carboxylic acids is 1. The van der Waals surface area contributed by atoms with E-state index in [1.54, 1.807) is 30.5 Å². The number of hydrogen-bond donors (Lipinski definition) is 2. The van der Waals surface area contributed by atoms with Gasteiger partial charge in [-0.05, 0) is 55.9 Å². The number of ketones is 1. The summed E-state index contributed by atoms with van der Waals surface area (Å²) in [5.74, 6) is -0.548. The van der Waals surface area contributed by atoms with Crippen LogP contribution in [0.25, 0.3) is 0 Å². The number of aliphatic carboxylic acids is 1. The van der Waals surface area contributed by atoms with Gasteiger partial charge in [0.2, 0.25) is 10.0 Å². The maximum atomic E-state index is 12.0. The molecule has 0 bridgehead atoms. The Kier molecular flexibility index (Phi) is 9.87. The smallest absolute Gasteiger partial charge is 0.322 e. The van der Waals surface area contributed by atoms with Crippen molar-refractivity contribution < 1.29 is 27.9 Å². The van der Waals surface area contributed by atoms with Crippen molar-refractivity contribution in [3.8, 4) is 5.75 Å². The van der Waals surface area contributed by atoms with Gasteiger partial charge in [-0.25, -0.2) is 13.1 Å². The van der Waals surface area contributed by atoms with Gasteiger partial charge in [0.05, 0.1) is 12.4 Å². The van der Waals surface area contributed by atoms with Crippen molar-refractivity contribution in [1.82, 2.24) is 4.72 Å². The number of unbranched alkanes of at least 4 members (excludes halogenated alkanes) is 2. The van der Waals surface area contributed by atoms with E-state index in [9.17, 15) is 23.1 Å². The number of allylic oxidation sites excluding steroid dienone is 1. The Bertz CT molecular complexity index is 906. The molecular formula is C22H30N2O6S. The number of carboxylic acid groups (broad SMARTS) is 1. The highest BCUT2D eigenvalue weighted by atomic mass is 32.2. The highest BCUT2D eigenvalue weighted by Gasteiger charge is 2.24. The average molecular weight is 451 g/mol. The van der Waals surface area contributed by atoms with Crippen LogP contribution >= 0.6 is 0 Å². The number of benzene rings is 1. The quantitative estimate of drug-likeness (QED) is 0.420. The Hall–Kier alpha value is -2.52. The minimum Gasteiger partial charge on any atom is -0.494 e. The monoisotopic (exact) mass is 450 g/mol. The average Bonchev–Trinajstić information content (AvgIpc) is 2.72. The molecule has 0 unspecified atom stereocenters. The van der Waals surface area contributed by atoms with E-state index in [4.69, 9.17) is 4.74 Å². The molecular weight excluding hydrogens is 420 g/mol. The molecule has 170 valence electrons. The van der Waals surface area contributed by atoms with Gasteiger partial charge in [-0.3, -0.25) is 14.6 Å². The zero-order valence-electron chi connectivity index (χ0n) is 17.7. The SMILES string of the molecule is CCCCS(=O)(=O)N[C@@H](Cc1ccc(OCCCCC2=NC=CC(=O)C2)cc1)C(=O)O. The van der Waals surface area contributed by atoms with Gasteiger partial charge in [-0.15, -0.1) is 0 Å². The summed E-state index contributed by atoms with van der Waals surface area (Å²) in [4.78, 5) is 27.0. The van der Waals surface area contributed by atoms with Crippen molar-refractivity contribution in [2.75, 3.05) is 12.4 Å². The molecule has 0 amide bonds. The first-order valence-electron chi connectivity index (χ1n) is 10.5. The molecule has 1 heterocycles. The first-order chi connectivity index (χ1) is 14.8. The van der Waals surface area contributed by atoms with E-state index in [1.807, 2.05) is 6.92 Å². The van der Waals surface area contributed by atoms with E-state index in [2.05, 4.69) is 9.71 Å². The third kappa shape index (κ3) is 9.44. The van der Waals surface area contributed by atoms with Gasteiger partial charge in [-0.1, -0.05) is 25.5 Å². The molecule has 1 aliphatic heterocycles. The summed E-state index contributed by atoms with van der Waals surface area (Å²) < 4.78 is 32.0. The number of sulfonamides is 1. The Morgan fingerprint density at radius 3 is 2.61 bits per heavy atom. The third-order valence-electron chi connectivity index (χ3n) is 4.77. The van der Waals surface area contributed by atoms with Crippen LogP contribution in [-0.2, 0) is 26.0 Å². The van der Waals surface area contributed by atoms with E-state index in [-0.39, 0.29) is 18.0 Å². The summed E-state index contributed by atoms with van der Waals surface area (Å²) in [5.41, 5.74) is 1.60. The number of nitrogens with zero attached hydrogens (tertiary/aromatic N) is 1. The Labute approximate surface area is 183 Å². The molecule has 0 saturated heterocycles. The summed E-state index contributed by atoms with van der Waals surface area (Å²) in [6, 6.07) is 5.75. The number of carbonyl (C=O) groups excluding carboxylic acids is 1. The van der Waals surface area contributed by atoms with Crippen LogP contribution in [0.4, 0.5) is 0 Å². The number of ether oxygens (including phenoxy) is 1. The predicted octanol–water partition coefficient (Wildman–Crippen LogP) is 2.88. The molecule has 9 heteroatoms. The van der Waals surface area contributed by atoms with Crippen LogP contribution in [0.5, 0.6) is 5.75 Å². The molecule has 1 aromatic rings. The molecule has 8 nitrogen and oxygen atoms in total. The topological polar surface area (TPSA) is 122 Å². The van der Waals surface area contributed by atoms with Crippen molar-refractivity contribution >= 4 is 27.5 Å². The van der Waals surface area contributed by atoms with Gasteiger partial charge in [-0.2, -0.15) is 0 Å². The molecule has 0 radical (unpaired) electrons. The van der Waals surface area contributed by atoms with Gasteiger partial charge < -0.3 is 9.84 Å². The first kappa shape index (κ1) is 24.7. The van der Waals surface area contributed by atoms with Crippen LogP contribution in [0.3, 0.4) is 0 Å². The van der Waals surface area contributed by atoms with Gasteiger partial charge in [0.15, 0.2) is 5.78 Å². The maximum Gasteiger partial charge on any atom is 0.322 e. The lowest BCUT2D eigenvalue weighted by Crippen LogP contribution is -2.43. The van der Waals surface area contributed by atoms with E-state index in [0.717, 1.165) is 25.0 Å². The largest absolute Gasteiger partial charge is 0.494 e. The fourth-order valence-electron chi connectivity index (χ4n) is 3.05. The van der Waals surface area contributed by atoms with E-state index in [1.165, 1.54) is 6.08 Å². The number of aliphatic imine (C=N–C) groups is 1. The molecule has 2 rings (SSSR count). The number of nitrogens with one attached hydrogen (secondary N) is 1. The molecule has 31 heavy (non-hydrogen) atoms. The summed E-state index contributed by atoms with van der Waals surface area (Å²) >= 11 is 0. The molecule has 0 aliphatic carbocycles. The summed E-state index contributed by atoms with van der Waals surface area (Å²) in [7, 11) is -3.63. The van der Waals surface area contributed by atoms with E-state index in [0.29, 0.717) is 37.2 Å². The number of rotatable bonds is 14. The zero-order chi connectivity index (χ0) is 22.7. The summed E-state index contributed by atoms with van der Waals surface area (Å²) in [6.45, 7) is 2.39. The zero-order valence-corrected chi connectivity index (χ0v) is 18.6. The second-order valence-corrected chi connectivity index (χ2v) is 9.36. The van der Waals surface area contributed by atoms with Gasteiger partial charge in [0.1, 0.15) is 11.8 Å². The fourth-order valence-corrected chi connectivity index (χ4v) is 4.46. The fraction of sp³-hybridized carbons (Fsp3) is 0.500. The van der Waals surface area contributed by atoms with Crippen LogP contribution in [-0.4, -0.2) is 49.4 Å². The van der Waals surface area contributed by atoms with Crippen LogP contribution in [0.15, 0.2) is 41.5 Å². The molecule has 0 spiro atoms. The Morgan fingerprint density at radius 2 is 1.97 bits per heavy atom. The van der Waals surface area contributed by atoms with Crippen molar-refractivity contribution in [2.45, 2.75) is 57.9 Å². The second-order valence-electron chi connectivity index (χ2n) is 7.49. The Morgan fingerprint density at radius 1 is 1.23 bits per heavy atom. The van der Waals surface area contributed by atoms with Crippen molar-refractivity contribution in [2.24, 2.45) is 4.99 Å². The van der Waals surface area contributed by atoms with Gasteiger partial charge in [0, 0.05) is 18.3 Å². The van der Waals surface area contributed by atoms with Crippen LogP contribution in [0.2, 0.25) is 0 Å². The first-order valence-corrected chi connectivity index (χ1v) is 12.1. The van der Waals surface area contributed by atoms with Crippen molar-refractivity contribution in [3.63, 3.8) is 0 Å². The normalized spacial score (nSPS) is 14.9. The molecule has 0 fully saturated rings. The van der Waals surface area contributed by atoms with Crippen molar-refractivity contribution in [1.29, 1.82) is 0 Å². The third-order valence-corrected chi connectivity index (χ3v) is 6.24. The summed E-state index contributed by atoms with van der Waals surface area (Å²) in [6.07, 6.45) is 7.13. The lowest BCUT2D eigenvalue weighted by atomic mass is 10.1. The lowest BCUT2D eigenvalue weighted by molar-refractivity contribution is -0.138. The van der Waals surface area contributed by atoms with Crippen molar-refractivity contribution in [3.05, 3.63) is 42.1 Å². The molecule has 0 aromatic heterocycles. The van der Waals surface area contributed by atoms with E-state index >= 15 is 0 Å². The van der Waals surface area contributed by atoms with Crippen LogP contribution in [0, 0.1) is 0 Å². The molecule has 1 atom stereocenters. The minimum atomic E-state index is -3.63. The highest BCUT2D eigenvalue weighted by molar-refractivity contribution is 7.89. The van der Waals surface area contributed by atoms with Gasteiger partial charge >= 0.3 is 5.97 Å². The highest BCUT2D eigenvalue weighted by Crippen LogP contribution is 2.15. The molecule has 2 N–H and O–H groups in total. The summed E-state index contributed by atoms with van der Waals surface area (Å²) in [5, 5.41) is 9.37. The predicted molar refractivity (Wildman–Crippen MR) is 119 cm³/mol. The van der Waals surface area contributed by atoms with Gasteiger partial charge in [0.25, 0.3) is 0 Å².